The second-order valence-corrected chi connectivity index (χ2v) is 7.58. The molecule has 0 unspecified atom stereocenters. The number of rotatable bonds is 4. The van der Waals surface area contributed by atoms with Gasteiger partial charge in [-0.2, -0.15) is 0 Å². The number of carbonyl (C=O) groups excluding carboxylic acids is 1. The van der Waals surface area contributed by atoms with Crippen LogP contribution in [0.2, 0.25) is 0 Å². The normalized spacial score (nSPS) is 15.5. The monoisotopic (exact) mass is 388 g/mol. The van der Waals surface area contributed by atoms with Crippen molar-refractivity contribution in [2.45, 2.75) is 45.2 Å². The third-order valence-corrected chi connectivity index (χ3v) is 5.77. The number of nitrogens with one attached hydrogen (secondary N) is 1. The first kappa shape index (κ1) is 17.8. The van der Waals surface area contributed by atoms with E-state index in [0.717, 1.165) is 43.1 Å². The van der Waals surface area contributed by atoms with E-state index in [4.69, 9.17) is 0 Å². The Hall–Kier alpha value is -3.22. The summed E-state index contributed by atoms with van der Waals surface area (Å²) in [5.41, 5.74) is 2.79. The summed E-state index contributed by atoms with van der Waals surface area (Å²) < 4.78 is 2.21. The fourth-order valence-electron chi connectivity index (χ4n) is 4.25. The smallest absolute Gasteiger partial charge is 0.262 e. The van der Waals surface area contributed by atoms with Crippen LogP contribution in [0.5, 0.6) is 0 Å². The molecule has 7 nitrogen and oxygen atoms in total. The van der Waals surface area contributed by atoms with Gasteiger partial charge in [0.15, 0.2) is 5.82 Å². The van der Waals surface area contributed by atoms with Gasteiger partial charge in [-0.15, -0.1) is 10.2 Å². The molecule has 1 N–H and O–H groups in total. The zero-order valence-electron chi connectivity index (χ0n) is 16.3. The zero-order chi connectivity index (χ0) is 19.6. The van der Waals surface area contributed by atoms with Crippen LogP contribution in [0.15, 0.2) is 42.6 Å². The minimum atomic E-state index is -0.0226. The van der Waals surface area contributed by atoms with Crippen molar-refractivity contribution in [3.05, 3.63) is 65.4 Å². The van der Waals surface area contributed by atoms with Gasteiger partial charge in [-0.25, -0.2) is 4.98 Å². The number of fused-ring (bicyclic) bond motifs is 2. The molecule has 7 heteroatoms. The molecule has 2 aliphatic heterocycles. The molecule has 3 aromatic rings. The molecule has 0 aliphatic carbocycles. The summed E-state index contributed by atoms with van der Waals surface area (Å²) in [4.78, 5) is 19.6. The second kappa shape index (κ2) is 7.66. The Labute approximate surface area is 169 Å². The van der Waals surface area contributed by atoms with Crippen LogP contribution >= 0.6 is 0 Å². The highest BCUT2D eigenvalue weighted by molar-refractivity contribution is 6.10. The molecule has 29 heavy (non-hydrogen) atoms. The molecule has 0 atom stereocenters. The predicted octanol–water partition coefficient (Wildman–Crippen LogP) is 3.21. The van der Waals surface area contributed by atoms with Crippen LogP contribution in [0.1, 0.15) is 46.8 Å². The number of pyridine rings is 1. The Morgan fingerprint density at radius 1 is 1.00 bits per heavy atom. The van der Waals surface area contributed by atoms with Crippen LogP contribution in [0.4, 0.5) is 11.5 Å². The van der Waals surface area contributed by atoms with Crippen molar-refractivity contribution in [2.24, 2.45) is 0 Å². The van der Waals surface area contributed by atoms with Crippen LogP contribution < -0.4 is 10.2 Å². The Morgan fingerprint density at radius 2 is 1.93 bits per heavy atom. The maximum Gasteiger partial charge on any atom is 0.262 e. The third kappa shape index (κ3) is 3.37. The molecular weight excluding hydrogens is 364 g/mol. The van der Waals surface area contributed by atoms with E-state index in [2.05, 4.69) is 31.1 Å². The largest absolute Gasteiger partial charge is 0.362 e. The summed E-state index contributed by atoms with van der Waals surface area (Å²) in [6.07, 6.45) is 7.13. The molecule has 1 amide bonds. The molecule has 2 aliphatic rings. The SMILES string of the molecule is O=C(c1cccnc1NCc1nnc2n1CCCCC2)N1CCc2ccccc21. The summed E-state index contributed by atoms with van der Waals surface area (Å²) >= 11 is 0. The lowest BCUT2D eigenvalue weighted by atomic mass is 10.1. The van der Waals surface area contributed by atoms with Crippen molar-refractivity contribution < 1.29 is 4.79 Å². The van der Waals surface area contributed by atoms with E-state index in [-0.39, 0.29) is 5.91 Å². The van der Waals surface area contributed by atoms with E-state index < -0.39 is 0 Å². The summed E-state index contributed by atoms with van der Waals surface area (Å²) in [7, 11) is 0. The summed E-state index contributed by atoms with van der Waals surface area (Å²) in [6, 6.07) is 11.7. The Kier molecular flexibility index (Phi) is 4.71. The van der Waals surface area contributed by atoms with Gasteiger partial charge >= 0.3 is 0 Å². The number of hydrogen-bond acceptors (Lipinski definition) is 5. The van der Waals surface area contributed by atoms with E-state index in [1.807, 2.05) is 35.2 Å². The second-order valence-electron chi connectivity index (χ2n) is 7.58. The summed E-state index contributed by atoms with van der Waals surface area (Å²) in [6.45, 7) is 2.16. The molecule has 0 bridgehead atoms. The number of amides is 1. The van der Waals surface area contributed by atoms with Gasteiger partial charge in [0.2, 0.25) is 0 Å². The fourth-order valence-corrected chi connectivity index (χ4v) is 4.25. The van der Waals surface area contributed by atoms with E-state index in [1.165, 1.54) is 18.4 Å². The van der Waals surface area contributed by atoms with Crippen molar-refractivity contribution in [3.8, 4) is 0 Å². The first-order valence-corrected chi connectivity index (χ1v) is 10.3. The van der Waals surface area contributed by atoms with Gasteiger partial charge in [0.05, 0.1) is 12.1 Å². The minimum Gasteiger partial charge on any atom is -0.362 e. The standard InChI is InChI=1S/C22H24N6O/c29-22(27-14-11-16-7-3-4-9-18(16)27)17-8-6-12-23-21(17)24-15-20-26-25-19-10-2-1-5-13-28(19)20/h3-4,6-9,12H,1-2,5,10-11,13-15H2,(H,23,24). The maximum atomic E-state index is 13.3. The number of aromatic nitrogens is 4. The number of nitrogens with zero attached hydrogens (tertiary/aromatic N) is 5. The third-order valence-electron chi connectivity index (χ3n) is 5.77. The lowest BCUT2D eigenvalue weighted by Gasteiger charge is -2.19. The van der Waals surface area contributed by atoms with E-state index in [9.17, 15) is 4.79 Å². The van der Waals surface area contributed by atoms with Gasteiger partial charge in [0, 0.05) is 31.4 Å². The molecule has 5 rings (SSSR count). The molecule has 0 fully saturated rings. The Bertz CT molecular complexity index is 1040. The predicted molar refractivity (Wildman–Crippen MR) is 111 cm³/mol. The molecule has 0 saturated heterocycles. The summed E-state index contributed by atoms with van der Waals surface area (Å²) in [5, 5.41) is 12.0. The number of hydrogen-bond donors (Lipinski definition) is 1. The average molecular weight is 388 g/mol. The summed E-state index contributed by atoms with van der Waals surface area (Å²) in [5.74, 6) is 2.53. The van der Waals surface area contributed by atoms with Crippen molar-refractivity contribution in [1.29, 1.82) is 0 Å². The van der Waals surface area contributed by atoms with Crippen LogP contribution in [-0.2, 0) is 25.9 Å². The lowest BCUT2D eigenvalue weighted by Crippen LogP contribution is -2.29. The van der Waals surface area contributed by atoms with E-state index in [0.29, 0.717) is 24.5 Å². The molecule has 148 valence electrons. The van der Waals surface area contributed by atoms with Crippen molar-refractivity contribution >= 4 is 17.4 Å². The highest BCUT2D eigenvalue weighted by atomic mass is 16.2. The molecule has 1 aromatic carbocycles. The van der Waals surface area contributed by atoms with Gasteiger partial charge in [-0.3, -0.25) is 4.79 Å². The van der Waals surface area contributed by atoms with Crippen LogP contribution in [0.25, 0.3) is 0 Å². The van der Waals surface area contributed by atoms with Crippen molar-refractivity contribution in [2.75, 3.05) is 16.8 Å². The molecular formula is C22H24N6O. The fraction of sp³-hybridized carbons (Fsp3) is 0.364. The molecule has 0 saturated carbocycles. The molecule has 2 aromatic heterocycles. The Balaban J connectivity index is 1.37. The Morgan fingerprint density at radius 3 is 2.90 bits per heavy atom. The quantitative estimate of drug-likeness (QED) is 0.743. The first-order valence-electron chi connectivity index (χ1n) is 10.3. The van der Waals surface area contributed by atoms with Gasteiger partial charge in [0.1, 0.15) is 11.6 Å². The van der Waals surface area contributed by atoms with Gasteiger partial charge < -0.3 is 14.8 Å². The lowest BCUT2D eigenvalue weighted by molar-refractivity contribution is 0.0990. The number of aryl methyl sites for hydroxylation is 1. The number of benzene rings is 1. The van der Waals surface area contributed by atoms with Gasteiger partial charge in [-0.1, -0.05) is 24.6 Å². The maximum absolute atomic E-state index is 13.3. The zero-order valence-corrected chi connectivity index (χ0v) is 16.3. The molecule has 0 radical (unpaired) electrons. The number of carbonyl (C=O) groups is 1. The highest BCUT2D eigenvalue weighted by Gasteiger charge is 2.27. The molecule has 0 spiro atoms. The topological polar surface area (TPSA) is 75.9 Å². The highest BCUT2D eigenvalue weighted by Crippen LogP contribution is 2.30. The number of para-hydroxylation sites is 1. The van der Waals surface area contributed by atoms with E-state index >= 15 is 0 Å². The first-order chi connectivity index (χ1) is 14.3. The van der Waals surface area contributed by atoms with Crippen molar-refractivity contribution in [3.63, 3.8) is 0 Å². The van der Waals surface area contributed by atoms with Crippen LogP contribution in [-0.4, -0.2) is 32.2 Å². The van der Waals surface area contributed by atoms with Gasteiger partial charge in [-0.05, 0) is 43.0 Å². The van der Waals surface area contributed by atoms with Gasteiger partial charge in [0.25, 0.3) is 5.91 Å². The average Bonchev–Trinajstić information content (AvgIpc) is 3.28. The van der Waals surface area contributed by atoms with Crippen molar-refractivity contribution in [1.82, 2.24) is 19.7 Å². The molecule has 4 heterocycles. The minimum absolute atomic E-state index is 0.0226. The number of anilines is 2. The van der Waals surface area contributed by atoms with Crippen LogP contribution in [0.3, 0.4) is 0 Å². The van der Waals surface area contributed by atoms with E-state index in [1.54, 1.807) is 6.20 Å². The van der Waals surface area contributed by atoms with Crippen LogP contribution in [0, 0.1) is 0 Å².